The number of pyridine rings is 1. The Hall–Kier alpha value is -3.76. The average molecular weight is 519 g/mol. The molecule has 0 aliphatic carbocycles. The van der Waals surface area contributed by atoms with Gasteiger partial charge >= 0.3 is 6.03 Å². The van der Waals surface area contributed by atoms with Gasteiger partial charge in [-0.15, -0.1) is 11.3 Å². The summed E-state index contributed by atoms with van der Waals surface area (Å²) in [5.74, 6) is -0.326. The molecule has 0 saturated carbocycles. The maximum absolute atomic E-state index is 13.4. The molecule has 1 aromatic carbocycles. The summed E-state index contributed by atoms with van der Waals surface area (Å²) in [5, 5.41) is 9.78. The molecule has 0 radical (unpaired) electrons. The van der Waals surface area contributed by atoms with Crippen LogP contribution in [0.1, 0.15) is 33.6 Å². The molecule has 0 bridgehead atoms. The quantitative estimate of drug-likeness (QED) is 0.426. The third kappa shape index (κ3) is 4.82. The number of nitrogens with one attached hydrogen (secondary N) is 3. The Balaban J connectivity index is 1.41. The van der Waals surface area contributed by atoms with Crippen LogP contribution in [0.5, 0.6) is 0 Å². The zero-order valence-corrected chi connectivity index (χ0v) is 21.9. The van der Waals surface area contributed by atoms with Crippen LogP contribution in [0.15, 0.2) is 42.6 Å². The number of amides is 4. The molecule has 3 N–H and O–H groups in total. The Bertz CT molecular complexity index is 1410. The van der Waals surface area contributed by atoms with E-state index in [2.05, 4.69) is 20.9 Å². The van der Waals surface area contributed by atoms with Gasteiger partial charge in [0.15, 0.2) is 0 Å². The fourth-order valence-electron chi connectivity index (χ4n) is 4.97. The van der Waals surface area contributed by atoms with E-state index in [9.17, 15) is 14.4 Å². The van der Waals surface area contributed by atoms with E-state index in [1.165, 1.54) is 11.3 Å². The minimum absolute atomic E-state index is 0.0567. The van der Waals surface area contributed by atoms with Crippen LogP contribution in [-0.4, -0.2) is 60.5 Å². The highest BCUT2D eigenvalue weighted by Gasteiger charge is 2.34. The number of urea groups is 1. The van der Waals surface area contributed by atoms with Gasteiger partial charge in [0.05, 0.1) is 22.4 Å². The molecule has 1 atom stereocenters. The smallest absolute Gasteiger partial charge is 0.331 e. The molecule has 2 aliphatic rings. The van der Waals surface area contributed by atoms with Crippen molar-refractivity contribution in [2.75, 3.05) is 36.9 Å². The van der Waals surface area contributed by atoms with E-state index in [1.54, 1.807) is 28.1 Å². The van der Waals surface area contributed by atoms with Gasteiger partial charge in [-0.2, -0.15) is 0 Å². The predicted molar refractivity (Wildman–Crippen MR) is 147 cm³/mol. The van der Waals surface area contributed by atoms with Gasteiger partial charge in [0.25, 0.3) is 5.91 Å². The van der Waals surface area contributed by atoms with Crippen LogP contribution in [0, 0.1) is 13.8 Å². The van der Waals surface area contributed by atoms with E-state index in [-0.39, 0.29) is 23.9 Å². The third-order valence-electron chi connectivity index (χ3n) is 6.70. The predicted octanol–water partition coefficient (Wildman–Crippen LogP) is 4.09. The summed E-state index contributed by atoms with van der Waals surface area (Å²) in [4.78, 5) is 48.3. The second-order valence-corrected chi connectivity index (χ2v) is 10.4. The molecule has 2 aliphatic heterocycles. The number of rotatable bonds is 6. The molecule has 4 amide bonds. The van der Waals surface area contributed by atoms with Gasteiger partial charge in [-0.05, 0) is 51.4 Å². The monoisotopic (exact) mass is 518 g/mol. The van der Waals surface area contributed by atoms with Crippen molar-refractivity contribution in [3.63, 3.8) is 0 Å². The molecule has 0 spiro atoms. The van der Waals surface area contributed by atoms with Crippen LogP contribution in [0.4, 0.5) is 21.9 Å². The second-order valence-electron chi connectivity index (χ2n) is 9.43. The minimum atomic E-state index is -0.317. The van der Waals surface area contributed by atoms with Crippen LogP contribution in [0.3, 0.4) is 0 Å². The van der Waals surface area contributed by atoms with Gasteiger partial charge in [-0.3, -0.25) is 14.5 Å². The van der Waals surface area contributed by atoms with Crippen molar-refractivity contribution >= 4 is 56.5 Å². The molecule has 0 unspecified atom stereocenters. The molecule has 5 rings (SSSR count). The summed E-state index contributed by atoms with van der Waals surface area (Å²) in [5.41, 5.74) is 4.08. The Morgan fingerprint density at radius 3 is 2.86 bits per heavy atom. The number of piperidine rings is 1. The lowest BCUT2D eigenvalue weighted by Crippen LogP contribution is -2.49. The zero-order chi connectivity index (χ0) is 26.1. The molecular weight excluding hydrogens is 488 g/mol. The number of carbonyl (C=O) groups excluding carboxylic acids is 3. The largest absolute Gasteiger partial charge is 0.347 e. The Kier molecular flexibility index (Phi) is 6.94. The fourth-order valence-corrected chi connectivity index (χ4v) is 5.99. The topological polar surface area (TPSA) is 107 Å². The maximum Gasteiger partial charge on any atom is 0.331 e. The lowest BCUT2D eigenvalue weighted by Gasteiger charge is -2.32. The number of aryl methyl sites for hydroxylation is 2. The standard InChI is InChI=1S/C27H30N6O3S/c1-16-8-9-19(17(2)14-16)33-20-10-12-29-26-22(20)23(31-27(33)36)24(37-26)25(35)30-18-6-5-13-32(15-18)21(34)7-4-11-28-3/h4,7-10,12,14,18,28H,5-6,11,13,15H2,1-3H3,(H,30,35)(H,31,36)/b7-4+/t18-/m1/s1. The van der Waals surface area contributed by atoms with Crippen molar-refractivity contribution in [2.24, 2.45) is 0 Å². The summed E-state index contributed by atoms with van der Waals surface area (Å²) in [7, 11) is 1.82. The van der Waals surface area contributed by atoms with Crippen molar-refractivity contribution in [3.05, 3.63) is 58.6 Å². The van der Waals surface area contributed by atoms with Gasteiger partial charge in [-0.25, -0.2) is 9.78 Å². The molecule has 2 aromatic heterocycles. The van der Waals surface area contributed by atoms with Crippen LogP contribution in [0.2, 0.25) is 0 Å². The van der Waals surface area contributed by atoms with E-state index in [0.29, 0.717) is 40.7 Å². The molecule has 10 heteroatoms. The van der Waals surface area contributed by atoms with E-state index < -0.39 is 0 Å². The van der Waals surface area contributed by atoms with E-state index in [1.807, 2.05) is 45.2 Å². The van der Waals surface area contributed by atoms with Crippen molar-refractivity contribution in [2.45, 2.75) is 32.7 Å². The van der Waals surface area contributed by atoms with Crippen molar-refractivity contribution in [1.82, 2.24) is 20.5 Å². The Labute approximate surface area is 219 Å². The van der Waals surface area contributed by atoms with Crippen LogP contribution in [0.25, 0.3) is 10.2 Å². The molecule has 1 saturated heterocycles. The first kappa shape index (κ1) is 24.9. The highest BCUT2D eigenvalue weighted by atomic mass is 32.1. The lowest BCUT2D eigenvalue weighted by molar-refractivity contribution is -0.127. The van der Waals surface area contributed by atoms with Crippen LogP contribution < -0.4 is 20.9 Å². The number of thiophene rings is 1. The SMILES string of the molecule is CNC/C=C/C(=O)N1CCC[C@@H](NC(=O)c2sc3nccc4c3c2NC(=O)N4c2ccc(C)cc2C)C1. The molecule has 3 aromatic rings. The molecule has 192 valence electrons. The first-order valence-corrected chi connectivity index (χ1v) is 13.2. The number of hydrogen-bond donors (Lipinski definition) is 3. The molecule has 4 heterocycles. The average Bonchev–Trinajstić information content (AvgIpc) is 3.25. The summed E-state index contributed by atoms with van der Waals surface area (Å²) in [6.45, 7) is 5.73. The summed E-state index contributed by atoms with van der Waals surface area (Å²) >= 11 is 1.26. The number of benzene rings is 1. The van der Waals surface area contributed by atoms with Gasteiger partial charge < -0.3 is 20.9 Å². The van der Waals surface area contributed by atoms with Crippen molar-refractivity contribution < 1.29 is 14.4 Å². The van der Waals surface area contributed by atoms with Gasteiger partial charge in [0, 0.05) is 37.9 Å². The van der Waals surface area contributed by atoms with Gasteiger partial charge in [-0.1, -0.05) is 23.8 Å². The maximum atomic E-state index is 13.4. The number of likely N-dealkylation sites (N-methyl/N-ethyl adjacent to an activating group) is 1. The highest BCUT2D eigenvalue weighted by Crippen LogP contribution is 2.46. The second kappa shape index (κ2) is 10.3. The first-order valence-electron chi connectivity index (χ1n) is 12.4. The van der Waals surface area contributed by atoms with Gasteiger partial charge in [0.2, 0.25) is 5.91 Å². The minimum Gasteiger partial charge on any atom is -0.347 e. The zero-order valence-electron chi connectivity index (χ0n) is 21.1. The molecule has 1 fully saturated rings. The molecule has 37 heavy (non-hydrogen) atoms. The summed E-state index contributed by atoms with van der Waals surface area (Å²) < 4.78 is 0. The normalized spacial score (nSPS) is 17.4. The summed E-state index contributed by atoms with van der Waals surface area (Å²) in [6.07, 6.45) is 6.62. The molecular formula is C27H30N6O3S. The Morgan fingerprint density at radius 1 is 1.24 bits per heavy atom. The van der Waals surface area contributed by atoms with E-state index in [4.69, 9.17) is 0 Å². The third-order valence-corrected chi connectivity index (χ3v) is 7.79. The number of anilines is 3. The van der Waals surface area contributed by atoms with Crippen LogP contribution >= 0.6 is 11.3 Å². The number of likely N-dealkylation sites (tertiary alicyclic amines) is 1. The number of nitrogens with zero attached hydrogens (tertiary/aromatic N) is 3. The first-order chi connectivity index (χ1) is 17.9. The highest BCUT2D eigenvalue weighted by molar-refractivity contribution is 7.21. The van der Waals surface area contributed by atoms with E-state index >= 15 is 0 Å². The van der Waals surface area contributed by atoms with E-state index in [0.717, 1.165) is 35.0 Å². The lowest BCUT2D eigenvalue weighted by atomic mass is 10.0. The summed E-state index contributed by atoms with van der Waals surface area (Å²) in [6, 6.07) is 7.28. The van der Waals surface area contributed by atoms with Gasteiger partial charge in [0.1, 0.15) is 9.71 Å². The van der Waals surface area contributed by atoms with Crippen LogP contribution in [-0.2, 0) is 4.79 Å². The number of carbonyl (C=O) groups is 3. The molecule has 9 nitrogen and oxygen atoms in total. The number of aromatic nitrogens is 1. The fraction of sp³-hybridized carbons (Fsp3) is 0.333. The van der Waals surface area contributed by atoms with Crippen molar-refractivity contribution in [1.29, 1.82) is 0 Å². The Morgan fingerprint density at radius 2 is 2.08 bits per heavy atom. The number of hydrogen-bond acceptors (Lipinski definition) is 6. The van der Waals surface area contributed by atoms with Crippen molar-refractivity contribution in [3.8, 4) is 0 Å².